The minimum atomic E-state index is -4.66. The highest BCUT2D eigenvalue weighted by atomic mass is 19.4. The van der Waals surface area contributed by atoms with Gasteiger partial charge in [-0.3, -0.25) is 0 Å². The second kappa shape index (κ2) is 4.44. The highest BCUT2D eigenvalue weighted by molar-refractivity contribution is 5.27. The van der Waals surface area contributed by atoms with Crippen molar-refractivity contribution in [1.29, 1.82) is 0 Å². The smallest absolute Gasteiger partial charge is 0.406 e. The van der Waals surface area contributed by atoms with Crippen LogP contribution in [0.1, 0.15) is 5.56 Å². The Labute approximate surface area is 94.7 Å². The van der Waals surface area contributed by atoms with Crippen LogP contribution >= 0.6 is 0 Å². The zero-order valence-electron chi connectivity index (χ0n) is 8.55. The van der Waals surface area contributed by atoms with E-state index in [0.29, 0.717) is 6.54 Å². The van der Waals surface area contributed by atoms with Crippen LogP contribution < -0.4 is 4.74 Å². The van der Waals surface area contributed by atoms with Gasteiger partial charge in [-0.05, 0) is 17.7 Å². The molecule has 0 bridgehead atoms. The first-order valence-electron chi connectivity index (χ1n) is 4.70. The lowest BCUT2D eigenvalue weighted by Gasteiger charge is -2.09. The van der Waals surface area contributed by atoms with Crippen molar-refractivity contribution in [2.45, 2.75) is 12.9 Å². The maximum Gasteiger partial charge on any atom is 0.573 e. The van der Waals surface area contributed by atoms with E-state index in [1.54, 1.807) is 16.8 Å². The molecule has 1 aromatic heterocycles. The fraction of sp³-hybridized carbons (Fsp3) is 0.200. The summed E-state index contributed by atoms with van der Waals surface area (Å²) in [5, 5.41) is 3.89. The number of aromatic nitrogens is 3. The molecule has 0 atom stereocenters. The van der Waals surface area contributed by atoms with Gasteiger partial charge in [0, 0.05) is 0 Å². The van der Waals surface area contributed by atoms with E-state index in [4.69, 9.17) is 0 Å². The maximum atomic E-state index is 11.9. The zero-order valence-corrected chi connectivity index (χ0v) is 8.55. The van der Waals surface area contributed by atoms with Crippen LogP contribution in [0.3, 0.4) is 0 Å². The summed E-state index contributed by atoms with van der Waals surface area (Å²) < 4.78 is 41.0. The number of benzene rings is 1. The molecule has 0 N–H and O–H groups in total. The molecule has 0 radical (unpaired) electrons. The van der Waals surface area contributed by atoms with Crippen LogP contribution in [0.5, 0.6) is 5.75 Å². The molecule has 0 fully saturated rings. The van der Waals surface area contributed by atoms with E-state index in [1.165, 1.54) is 24.8 Å². The highest BCUT2D eigenvalue weighted by Gasteiger charge is 2.30. The number of rotatable bonds is 3. The van der Waals surface area contributed by atoms with Crippen LogP contribution in [-0.4, -0.2) is 21.1 Å². The van der Waals surface area contributed by atoms with Crippen LogP contribution in [0.4, 0.5) is 13.2 Å². The van der Waals surface area contributed by atoms with Gasteiger partial charge in [0.2, 0.25) is 0 Å². The van der Waals surface area contributed by atoms with E-state index < -0.39 is 6.36 Å². The fourth-order valence-electron chi connectivity index (χ4n) is 1.30. The standard InChI is InChI=1S/C10H8F3N3O/c11-10(12,13)17-9-3-1-8(2-4-9)5-16-7-14-6-15-16/h1-4,6-7H,5H2. The number of hydrogen-bond acceptors (Lipinski definition) is 3. The predicted octanol–water partition coefficient (Wildman–Crippen LogP) is 2.22. The third kappa shape index (κ3) is 3.47. The van der Waals surface area contributed by atoms with Crippen LogP contribution in [-0.2, 0) is 6.54 Å². The second-order valence-electron chi connectivity index (χ2n) is 3.28. The molecule has 0 amide bonds. The van der Waals surface area contributed by atoms with E-state index in [2.05, 4.69) is 14.8 Å². The summed E-state index contributed by atoms with van der Waals surface area (Å²) >= 11 is 0. The first-order chi connectivity index (χ1) is 8.03. The lowest BCUT2D eigenvalue weighted by atomic mass is 10.2. The van der Waals surface area contributed by atoms with E-state index in [0.717, 1.165) is 5.56 Å². The molecule has 0 unspecified atom stereocenters. The van der Waals surface area contributed by atoms with Gasteiger partial charge in [0.25, 0.3) is 0 Å². The molecule has 0 aliphatic rings. The minimum Gasteiger partial charge on any atom is -0.406 e. The van der Waals surface area contributed by atoms with Gasteiger partial charge in [-0.1, -0.05) is 12.1 Å². The first-order valence-corrected chi connectivity index (χ1v) is 4.70. The van der Waals surface area contributed by atoms with Gasteiger partial charge in [0.1, 0.15) is 18.4 Å². The Kier molecular flexibility index (Phi) is 2.99. The number of ether oxygens (including phenoxy) is 1. The minimum absolute atomic E-state index is 0.236. The average Bonchev–Trinajstić information content (AvgIpc) is 2.71. The third-order valence-electron chi connectivity index (χ3n) is 1.97. The topological polar surface area (TPSA) is 39.9 Å². The molecule has 90 valence electrons. The summed E-state index contributed by atoms with van der Waals surface area (Å²) in [6.45, 7) is 0.451. The van der Waals surface area contributed by atoms with Gasteiger partial charge in [0.15, 0.2) is 0 Å². The van der Waals surface area contributed by atoms with Crippen LogP contribution in [0.2, 0.25) is 0 Å². The van der Waals surface area contributed by atoms with E-state index in [-0.39, 0.29) is 5.75 Å². The molecule has 7 heteroatoms. The monoisotopic (exact) mass is 243 g/mol. The normalized spacial score (nSPS) is 11.5. The van der Waals surface area contributed by atoms with Crippen molar-refractivity contribution in [1.82, 2.24) is 14.8 Å². The molecule has 1 heterocycles. The average molecular weight is 243 g/mol. The Morgan fingerprint density at radius 2 is 1.88 bits per heavy atom. The lowest BCUT2D eigenvalue weighted by molar-refractivity contribution is -0.274. The fourth-order valence-corrected chi connectivity index (χ4v) is 1.30. The van der Waals surface area contributed by atoms with Gasteiger partial charge in [0.05, 0.1) is 6.54 Å². The van der Waals surface area contributed by atoms with Crippen LogP contribution in [0.25, 0.3) is 0 Å². The summed E-state index contributed by atoms with van der Waals surface area (Å²) in [6.07, 6.45) is -1.74. The van der Waals surface area contributed by atoms with Crippen molar-refractivity contribution in [3.8, 4) is 5.75 Å². The molecule has 0 spiro atoms. The number of alkyl halides is 3. The van der Waals surface area contributed by atoms with Crippen LogP contribution in [0.15, 0.2) is 36.9 Å². The van der Waals surface area contributed by atoms with Crippen molar-refractivity contribution in [2.75, 3.05) is 0 Å². The molecule has 4 nitrogen and oxygen atoms in total. The van der Waals surface area contributed by atoms with Crippen LogP contribution in [0, 0.1) is 0 Å². The largest absolute Gasteiger partial charge is 0.573 e. The molecule has 0 aliphatic carbocycles. The van der Waals surface area contributed by atoms with E-state index >= 15 is 0 Å². The van der Waals surface area contributed by atoms with Gasteiger partial charge in [-0.15, -0.1) is 13.2 Å². The van der Waals surface area contributed by atoms with Gasteiger partial charge < -0.3 is 4.74 Å². The van der Waals surface area contributed by atoms with Crippen molar-refractivity contribution < 1.29 is 17.9 Å². The Hall–Kier alpha value is -2.05. The van der Waals surface area contributed by atoms with Gasteiger partial charge >= 0.3 is 6.36 Å². The SMILES string of the molecule is FC(F)(F)Oc1ccc(Cn2cncn2)cc1. The summed E-state index contributed by atoms with van der Waals surface area (Å²) in [5.41, 5.74) is 0.810. The second-order valence-corrected chi connectivity index (χ2v) is 3.28. The molecule has 0 aliphatic heterocycles. The van der Waals surface area contributed by atoms with Crippen molar-refractivity contribution in [3.05, 3.63) is 42.5 Å². The third-order valence-corrected chi connectivity index (χ3v) is 1.97. The first kappa shape index (κ1) is 11.4. The highest BCUT2D eigenvalue weighted by Crippen LogP contribution is 2.22. The van der Waals surface area contributed by atoms with Crippen molar-refractivity contribution in [3.63, 3.8) is 0 Å². The Morgan fingerprint density at radius 1 is 1.18 bits per heavy atom. The Morgan fingerprint density at radius 3 is 2.41 bits per heavy atom. The quantitative estimate of drug-likeness (QED) is 0.829. The number of hydrogen-bond donors (Lipinski definition) is 0. The maximum absolute atomic E-state index is 11.9. The molecule has 17 heavy (non-hydrogen) atoms. The van der Waals surface area contributed by atoms with Gasteiger partial charge in [-0.25, -0.2) is 9.67 Å². The van der Waals surface area contributed by atoms with Gasteiger partial charge in [-0.2, -0.15) is 5.10 Å². The summed E-state index contributed by atoms with van der Waals surface area (Å²) in [4.78, 5) is 3.76. The lowest BCUT2D eigenvalue weighted by Crippen LogP contribution is -2.17. The number of nitrogens with zero attached hydrogens (tertiary/aromatic N) is 3. The molecule has 1 aromatic carbocycles. The zero-order chi connectivity index (χ0) is 12.3. The molecule has 2 rings (SSSR count). The molecule has 0 saturated carbocycles. The summed E-state index contributed by atoms with van der Waals surface area (Å²) in [7, 11) is 0. The van der Waals surface area contributed by atoms with Crippen molar-refractivity contribution >= 4 is 0 Å². The molecule has 2 aromatic rings. The Balaban J connectivity index is 2.03. The van der Waals surface area contributed by atoms with E-state index in [1.807, 2.05) is 0 Å². The molecular formula is C10H8F3N3O. The molecule has 0 saturated heterocycles. The van der Waals surface area contributed by atoms with E-state index in [9.17, 15) is 13.2 Å². The van der Waals surface area contributed by atoms with Crippen molar-refractivity contribution in [2.24, 2.45) is 0 Å². The predicted molar refractivity (Wildman–Crippen MR) is 52.2 cm³/mol. The molecular weight excluding hydrogens is 235 g/mol. The summed E-state index contributed by atoms with van der Waals surface area (Å²) in [5.74, 6) is -0.236. The number of halogens is 3. The Bertz CT molecular complexity index is 465. The summed E-state index contributed by atoms with van der Waals surface area (Å²) in [6, 6.07) is 5.62.